The van der Waals surface area contributed by atoms with E-state index in [2.05, 4.69) is 25.8 Å². The van der Waals surface area contributed by atoms with Gasteiger partial charge in [-0.2, -0.15) is 5.10 Å². The second-order valence-electron chi connectivity index (χ2n) is 8.60. The fourth-order valence-electron chi connectivity index (χ4n) is 3.61. The highest BCUT2D eigenvalue weighted by atomic mass is 35.5. The number of halogens is 1. The molecule has 0 aliphatic heterocycles. The van der Waals surface area contributed by atoms with Crippen molar-refractivity contribution in [3.8, 4) is 11.5 Å². The zero-order valence-corrected chi connectivity index (χ0v) is 22.4. The summed E-state index contributed by atoms with van der Waals surface area (Å²) in [5, 5.41) is 7.30. The van der Waals surface area contributed by atoms with Crippen LogP contribution < -0.4 is 20.2 Å². The van der Waals surface area contributed by atoms with E-state index in [1.165, 1.54) is 19.7 Å². The van der Waals surface area contributed by atoms with Gasteiger partial charge in [0.15, 0.2) is 11.5 Å². The van der Waals surface area contributed by atoms with Gasteiger partial charge in [-0.25, -0.2) is 15.2 Å². The molecule has 206 valence electrons. The Morgan fingerprint density at radius 1 is 1.02 bits per heavy atom. The highest BCUT2D eigenvalue weighted by Crippen LogP contribution is 2.28. The van der Waals surface area contributed by atoms with Crippen LogP contribution in [0, 0.1) is 0 Å². The van der Waals surface area contributed by atoms with Gasteiger partial charge in [-0.05, 0) is 47.0 Å². The summed E-state index contributed by atoms with van der Waals surface area (Å²) in [4.78, 5) is 32.2. The molecule has 1 atom stereocenters. The monoisotopic (exact) mass is 561 g/mol. The number of carbonyl (C=O) groups excluding carboxylic acids is 2. The predicted molar refractivity (Wildman–Crippen MR) is 150 cm³/mol. The van der Waals surface area contributed by atoms with Crippen LogP contribution >= 0.6 is 11.6 Å². The maximum Gasteiger partial charge on any atom is 0.408 e. The molecule has 0 saturated carbocycles. The van der Waals surface area contributed by atoms with Gasteiger partial charge in [0, 0.05) is 23.3 Å². The topological polar surface area (TPSA) is 127 Å². The summed E-state index contributed by atoms with van der Waals surface area (Å²) in [6.45, 7) is 0.417. The number of carbonyl (C=O) groups is 2. The molecule has 4 aromatic rings. The normalized spacial score (nSPS) is 11.6. The number of methoxy groups -OCH3 is 1. The van der Waals surface area contributed by atoms with Crippen LogP contribution in [-0.2, 0) is 29.2 Å². The molecule has 0 spiro atoms. The van der Waals surface area contributed by atoms with E-state index in [1.807, 2.05) is 42.5 Å². The third kappa shape index (κ3) is 8.60. The number of nitrogens with zero attached hydrogens (tertiary/aromatic N) is 2. The first-order valence-corrected chi connectivity index (χ1v) is 12.7. The predicted octanol–water partition coefficient (Wildman–Crippen LogP) is 4.64. The summed E-state index contributed by atoms with van der Waals surface area (Å²) in [6, 6.07) is 20.9. The zero-order chi connectivity index (χ0) is 28.2. The van der Waals surface area contributed by atoms with Gasteiger partial charge >= 0.3 is 6.09 Å². The Morgan fingerprint density at radius 2 is 1.80 bits per heavy atom. The van der Waals surface area contributed by atoms with Crippen molar-refractivity contribution in [2.45, 2.75) is 25.7 Å². The van der Waals surface area contributed by atoms with Crippen LogP contribution in [0.3, 0.4) is 0 Å². The third-order valence-corrected chi connectivity index (χ3v) is 5.94. The van der Waals surface area contributed by atoms with Crippen LogP contribution in [0.1, 0.15) is 22.4 Å². The van der Waals surface area contributed by atoms with Crippen LogP contribution in [0.2, 0.25) is 5.02 Å². The first-order valence-electron chi connectivity index (χ1n) is 12.3. The summed E-state index contributed by atoms with van der Waals surface area (Å²) in [5.41, 5.74) is 5.58. The number of imidazole rings is 1. The molecule has 40 heavy (non-hydrogen) atoms. The number of amides is 2. The number of hydrazone groups is 1. The van der Waals surface area contributed by atoms with Crippen molar-refractivity contribution < 1.29 is 23.8 Å². The number of rotatable bonds is 12. The molecule has 0 aliphatic rings. The van der Waals surface area contributed by atoms with Crippen molar-refractivity contribution in [1.82, 2.24) is 20.7 Å². The fraction of sp³-hybridized carbons (Fsp3) is 0.172. The van der Waals surface area contributed by atoms with Gasteiger partial charge in [-0.3, -0.25) is 4.79 Å². The van der Waals surface area contributed by atoms with E-state index >= 15 is 0 Å². The Kier molecular flexibility index (Phi) is 10.1. The summed E-state index contributed by atoms with van der Waals surface area (Å²) < 4.78 is 16.6. The summed E-state index contributed by atoms with van der Waals surface area (Å²) in [5.74, 6) is 0.526. The largest absolute Gasteiger partial charge is 0.493 e. The van der Waals surface area contributed by atoms with E-state index < -0.39 is 18.0 Å². The second-order valence-corrected chi connectivity index (χ2v) is 9.04. The van der Waals surface area contributed by atoms with Crippen LogP contribution in [0.25, 0.3) is 0 Å². The number of benzene rings is 3. The molecule has 0 aliphatic carbocycles. The highest BCUT2D eigenvalue weighted by molar-refractivity contribution is 6.30. The van der Waals surface area contributed by atoms with Crippen LogP contribution in [-0.4, -0.2) is 41.3 Å². The minimum Gasteiger partial charge on any atom is -0.493 e. The maximum absolute atomic E-state index is 12.9. The lowest BCUT2D eigenvalue weighted by molar-refractivity contribution is -0.123. The lowest BCUT2D eigenvalue weighted by Crippen LogP contribution is -2.47. The number of ether oxygens (including phenoxy) is 3. The van der Waals surface area contributed by atoms with Crippen molar-refractivity contribution >= 4 is 29.8 Å². The SMILES string of the molecule is COc1cc(/C=N\NC(=O)[C@@H](Cc2cnc[nH]2)NC(=O)OCc2ccccc2)ccc1OCc1ccc(Cl)cc1. The van der Waals surface area contributed by atoms with E-state index in [9.17, 15) is 9.59 Å². The standard InChI is InChI=1S/C29H28ClN5O5/c1-38-27-13-22(9-12-26(27)39-17-21-7-10-23(30)11-8-21)15-33-35-28(36)25(14-24-16-31-19-32-24)34-29(37)40-18-20-5-3-2-4-6-20/h2-13,15-16,19,25H,14,17-18H2,1H3,(H,31,32)(H,34,37)(H,35,36)/b33-15-/t25-/m1/s1. The molecule has 0 saturated heterocycles. The molecule has 2 amide bonds. The molecule has 0 unspecified atom stereocenters. The number of nitrogens with one attached hydrogen (secondary N) is 3. The molecule has 1 heterocycles. The molecule has 4 rings (SSSR count). The fourth-order valence-corrected chi connectivity index (χ4v) is 3.73. The summed E-state index contributed by atoms with van der Waals surface area (Å²) in [7, 11) is 1.54. The summed E-state index contributed by atoms with van der Waals surface area (Å²) >= 11 is 5.93. The van der Waals surface area contributed by atoms with E-state index in [0.29, 0.717) is 34.4 Å². The van der Waals surface area contributed by atoms with Crippen molar-refractivity contribution in [1.29, 1.82) is 0 Å². The van der Waals surface area contributed by atoms with Crippen molar-refractivity contribution in [2.75, 3.05) is 7.11 Å². The molecule has 11 heteroatoms. The first-order chi connectivity index (χ1) is 19.5. The van der Waals surface area contributed by atoms with E-state index in [4.69, 9.17) is 25.8 Å². The molecule has 10 nitrogen and oxygen atoms in total. The molecule has 1 aromatic heterocycles. The average Bonchev–Trinajstić information content (AvgIpc) is 3.49. The molecule has 0 bridgehead atoms. The molecule has 0 radical (unpaired) electrons. The van der Waals surface area contributed by atoms with Gasteiger partial charge in [0.2, 0.25) is 0 Å². The smallest absolute Gasteiger partial charge is 0.408 e. The van der Waals surface area contributed by atoms with Crippen molar-refractivity contribution in [2.24, 2.45) is 5.10 Å². The van der Waals surface area contributed by atoms with Crippen LogP contribution in [0.15, 0.2) is 90.4 Å². The zero-order valence-electron chi connectivity index (χ0n) is 21.7. The average molecular weight is 562 g/mol. The number of hydrogen-bond donors (Lipinski definition) is 3. The Labute approximate surface area is 236 Å². The van der Waals surface area contributed by atoms with Gasteiger partial charge in [0.1, 0.15) is 19.3 Å². The summed E-state index contributed by atoms with van der Waals surface area (Å²) in [6.07, 6.45) is 3.96. The van der Waals surface area contributed by atoms with E-state index in [0.717, 1.165) is 11.1 Å². The number of H-pyrrole nitrogens is 1. The minimum atomic E-state index is -0.959. The molecular weight excluding hydrogens is 534 g/mol. The molecular formula is C29H28ClN5O5. The van der Waals surface area contributed by atoms with Crippen molar-refractivity contribution in [3.63, 3.8) is 0 Å². The van der Waals surface area contributed by atoms with Crippen LogP contribution in [0.4, 0.5) is 4.79 Å². The Morgan fingerprint density at radius 3 is 2.52 bits per heavy atom. The lowest BCUT2D eigenvalue weighted by Gasteiger charge is -2.16. The van der Waals surface area contributed by atoms with Gasteiger partial charge in [0.25, 0.3) is 5.91 Å². The van der Waals surface area contributed by atoms with Gasteiger partial charge in [0.05, 0.1) is 19.7 Å². The first kappa shape index (κ1) is 28.2. The Hall–Kier alpha value is -4.83. The lowest BCUT2D eigenvalue weighted by atomic mass is 10.1. The Balaban J connectivity index is 1.34. The second kappa shape index (κ2) is 14.4. The van der Waals surface area contributed by atoms with Gasteiger partial charge in [-0.15, -0.1) is 0 Å². The van der Waals surface area contributed by atoms with Crippen LogP contribution in [0.5, 0.6) is 11.5 Å². The van der Waals surface area contributed by atoms with E-state index in [-0.39, 0.29) is 13.0 Å². The molecule has 3 N–H and O–H groups in total. The Bertz CT molecular complexity index is 1410. The van der Waals surface area contributed by atoms with Gasteiger partial charge < -0.3 is 24.5 Å². The number of aromatic nitrogens is 2. The molecule has 3 aromatic carbocycles. The molecule has 0 fully saturated rings. The number of alkyl carbamates (subject to hydrolysis) is 1. The quantitative estimate of drug-likeness (QED) is 0.171. The maximum atomic E-state index is 12.9. The third-order valence-electron chi connectivity index (χ3n) is 5.68. The number of aromatic amines is 1. The number of hydrogen-bond acceptors (Lipinski definition) is 7. The van der Waals surface area contributed by atoms with E-state index in [1.54, 1.807) is 36.5 Å². The van der Waals surface area contributed by atoms with Gasteiger partial charge in [-0.1, -0.05) is 54.1 Å². The highest BCUT2D eigenvalue weighted by Gasteiger charge is 2.22. The minimum absolute atomic E-state index is 0.0739. The van der Waals surface area contributed by atoms with Crippen molar-refractivity contribution in [3.05, 3.63) is 113 Å².